The van der Waals surface area contributed by atoms with Crippen LogP contribution in [0, 0.1) is 0 Å². The molecule has 1 N–H and O–H groups in total. The lowest BCUT2D eigenvalue weighted by atomic mass is 10.1. The van der Waals surface area contributed by atoms with Crippen LogP contribution in [0.25, 0.3) is 10.6 Å². The van der Waals surface area contributed by atoms with E-state index in [9.17, 15) is 4.79 Å². The van der Waals surface area contributed by atoms with E-state index in [1.165, 1.54) is 75.6 Å². The molecule has 0 saturated heterocycles. The molecule has 1 aromatic heterocycles. The summed E-state index contributed by atoms with van der Waals surface area (Å²) in [6, 6.07) is 13.7. The van der Waals surface area contributed by atoms with Crippen LogP contribution in [0.4, 0.5) is 5.69 Å². The van der Waals surface area contributed by atoms with Crippen LogP contribution in [-0.2, 0) is 18.3 Å². The van der Waals surface area contributed by atoms with Gasteiger partial charge in [0.1, 0.15) is 7.05 Å². The van der Waals surface area contributed by atoms with Crippen LogP contribution in [-0.4, -0.2) is 19.6 Å². The zero-order valence-corrected chi connectivity index (χ0v) is 25.0. The number of rotatable bonds is 19. The number of para-hydroxylation sites is 1. The maximum absolute atomic E-state index is 12.9. The summed E-state index contributed by atoms with van der Waals surface area (Å²) in [5.41, 5.74) is 2.75. The normalized spacial score (nSPS) is 10.9. The van der Waals surface area contributed by atoms with Gasteiger partial charge in [0.2, 0.25) is 5.91 Å². The SMILES string of the molecule is CCCCCCCCCCCCCCOc1c(CC(=O)Nc2ccc(-c3scc[n+]3C)cc2)cccc1OC. The number of benzene rings is 2. The van der Waals surface area contributed by atoms with Gasteiger partial charge in [-0.15, -0.1) is 0 Å². The zero-order valence-electron chi connectivity index (χ0n) is 24.2. The first-order chi connectivity index (χ1) is 19.1. The number of thiazole rings is 1. The van der Waals surface area contributed by atoms with Crippen molar-refractivity contribution in [3.63, 3.8) is 0 Å². The monoisotopic (exact) mass is 551 g/mol. The molecule has 5 nitrogen and oxygen atoms in total. The fourth-order valence-corrected chi connectivity index (χ4v) is 5.70. The fraction of sp³-hybridized carbons (Fsp3) is 0.515. The molecule has 6 heteroatoms. The highest BCUT2D eigenvalue weighted by Gasteiger charge is 2.15. The molecule has 0 unspecified atom stereocenters. The number of carbonyl (C=O) groups is 1. The van der Waals surface area contributed by atoms with Gasteiger partial charge < -0.3 is 14.8 Å². The summed E-state index contributed by atoms with van der Waals surface area (Å²) in [5, 5.41) is 6.27. The van der Waals surface area contributed by atoms with E-state index in [-0.39, 0.29) is 12.3 Å². The molecular formula is C33H47N2O3S+. The zero-order chi connectivity index (χ0) is 27.7. The Morgan fingerprint density at radius 3 is 2.10 bits per heavy atom. The Labute approximate surface area is 239 Å². The van der Waals surface area contributed by atoms with Crippen LogP contribution in [0.15, 0.2) is 54.0 Å². The van der Waals surface area contributed by atoms with Gasteiger partial charge in [-0.3, -0.25) is 4.79 Å². The van der Waals surface area contributed by atoms with Gasteiger partial charge in [-0.2, -0.15) is 4.57 Å². The predicted molar refractivity (Wildman–Crippen MR) is 163 cm³/mol. The van der Waals surface area contributed by atoms with Crippen molar-refractivity contribution in [1.29, 1.82) is 0 Å². The molecule has 3 aromatic rings. The highest BCUT2D eigenvalue weighted by Crippen LogP contribution is 2.32. The molecule has 1 heterocycles. The summed E-state index contributed by atoms with van der Waals surface area (Å²) < 4.78 is 13.8. The van der Waals surface area contributed by atoms with Gasteiger partial charge in [-0.25, -0.2) is 0 Å². The summed E-state index contributed by atoms with van der Waals surface area (Å²) in [5.74, 6) is 1.28. The molecule has 0 aliphatic rings. The number of hydrogen-bond acceptors (Lipinski definition) is 4. The minimum Gasteiger partial charge on any atom is -0.493 e. The predicted octanol–water partition coefficient (Wildman–Crippen LogP) is 8.51. The third-order valence-corrected chi connectivity index (χ3v) is 8.08. The van der Waals surface area contributed by atoms with Crippen molar-refractivity contribution in [3.8, 4) is 22.1 Å². The average Bonchev–Trinajstić information content (AvgIpc) is 3.38. The highest BCUT2D eigenvalue weighted by molar-refractivity contribution is 7.12. The molecule has 0 bridgehead atoms. The van der Waals surface area contributed by atoms with Gasteiger partial charge in [-0.1, -0.05) is 101 Å². The van der Waals surface area contributed by atoms with E-state index in [1.54, 1.807) is 18.4 Å². The van der Waals surface area contributed by atoms with Crippen molar-refractivity contribution in [2.45, 2.75) is 90.4 Å². The number of anilines is 1. The molecule has 0 spiro atoms. The third kappa shape index (κ3) is 10.7. The van der Waals surface area contributed by atoms with Crippen molar-refractivity contribution >= 4 is 22.9 Å². The molecule has 0 fully saturated rings. The lowest BCUT2D eigenvalue weighted by molar-refractivity contribution is -0.655. The first-order valence-corrected chi connectivity index (χ1v) is 15.6. The maximum Gasteiger partial charge on any atom is 0.268 e. The summed E-state index contributed by atoms with van der Waals surface area (Å²) in [6.45, 7) is 2.90. The molecule has 0 aliphatic heterocycles. The van der Waals surface area contributed by atoms with Gasteiger partial charge in [0.05, 0.1) is 31.1 Å². The van der Waals surface area contributed by atoms with Gasteiger partial charge in [0.25, 0.3) is 5.01 Å². The van der Waals surface area contributed by atoms with E-state index in [0.717, 1.165) is 23.2 Å². The first-order valence-electron chi connectivity index (χ1n) is 14.7. The minimum atomic E-state index is -0.0760. The molecule has 212 valence electrons. The molecule has 2 aromatic carbocycles. The summed E-state index contributed by atoms with van der Waals surface area (Å²) in [6.07, 6.45) is 18.0. The van der Waals surface area contributed by atoms with Crippen LogP contribution < -0.4 is 19.4 Å². The van der Waals surface area contributed by atoms with Crippen LogP contribution in [0.3, 0.4) is 0 Å². The Morgan fingerprint density at radius 1 is 0.872 bits per heavy atom. The largest absolute Gasteiger partial charge is 0.493 e. The topological polar surface area (TPSA) is 51.4 Å². The lowest BCUT2D eigenvalue weighted by Crippen LogP contribution is -2.26. The molecule has 0 aliphatic carbocycles. The summed E-state index contributed by atoms with van der Waals surface area (Å²) in [7, 11) is 3.68. The maximum atomic E-state index is 12.9. The number of amides is 1. The number of nitrogens with one attached hydrogen (secondary N) is 1. The van der Waals surface area contributed by atoms with Crippen molar-refractivity contribution in [1.82, 2.24) is 0 Å². The van der Waals surface area contributed by atoms with E-state index < -0.39 is 0 Å². The Morgan fingerprint density at radius 2 is 1.51 bits per heavy atom. The van der Waals surface area contributed by atoms with Crippen LogP contribution in [0.5, 0.6) is 11.5 Å². The van der Waals surface area contributed by atoms with E-state index in [4.69, 9.17) is 9.47 Å². The molecule has 0 radical (unpaired) electrons. The van der Waals surface area contributed by atoms with Gasteiger partial charge in [0.15, 0.2) is 17.7 Å². The number of aryl methyl sites for hydroxylation is 1. The van der Waals surface area contributed by atoms with Crippen molar-refractivity contribution in [2.24, 2.45) is 7.05 Å². The van der Waals surface area contributed by atoms with Crippen molar-refractivity contribution in [2.75, 3.05) is 19.0 Å². The second-order valence-electron chi connectivity index (χ2n) is 10.3. The van der Waals surface area contributed by atoms with Crippen molar-refractivity contribution in [3.05, 3.63) is 59.6 Å². The third-order valence-electron chi connectivity index (χ3n) is 7.08. The molecule has 0 atom stereocenters. The number of nitrogens with zero attached hydrogens (tertiary/aromatic N) is 1. The smallest absolute Gasteiger partial charge is 0.268 e. The molecule has 3 rings (SSSR count). The Balaban J connectivity index is 1.40. The summed E-state index contributed by atoms with van der Waals surface area (Å²) in [4.78, 5) is 12.9. The van der Waals surface area contributed by atoms with E-state index in [0.29, 0.717) is 18.1 Å². The van der Waals surface area contributed by atoms with Gasteiger partial charge >= 0.3 is 0 Å². The van der Waals surface area contributed by atoms with E-state index in [1.807, 2.05) is 55.7 Å². The first kappa shape index (κ1) is 30.7. The number of hydrogen-bond donors (Lipinski definition) is 1. The van der Waals surface area contributed by atoms with E-state index >= 15 is 0 Å². The van der Waals surface area contributed by atoms with Gasteiger partial charge in [-0.05, 0) is 36.8 Å². The van der Waals surface area contributed by atoms with Gasteiger partial charge in [0, 0.05) is 11.3 Å². The number of ether oxygens (including phenoxy) is 2. The van der Waals surface area contributed by atoms with E-state index in [2.05, 4.69) is 22.2 Å². The molecular weight excluding hydrogens is 504 g/mol. The standard InChI is InChI=1S/C33H46N2O3S/c1-4-5-6-7-8-9-10-11-12-13-14-15-24-38-32-28(17-16-18-30(32)37-3)26-31(36)34-29-21-19-27(20-22-29)33-35(2)23-25-39-33/h16-23,25H,4-15,24,26H2,1-3H3/p+1. The quantitative estimate of drug-likeness (QED) is 0.120. The molecule has 1 amide bonds. The molecule has 39 heavy (non-hydrogen) atoms. The summed E-state index contributed by atoms with van der Waals surface area (Å²) >= 11 is 1.70. The second-order valence-corrected chi connectivity index (χ2v) is 11.2. The van der Waals surface area contributed by atoms with Crippen LogP contribution in [0.1, 0.15) is 89.5 Å². The Bertz CT molecular complexity index is 1110. The number of methoxy groups -OCH3 is 1. The number of unbranched alkanes of at least 4 members (excludes halogenated alkanes) is 11. The van der Waals surface area contributed by atoms with Crippen LogP contribution >= 0.6 is 11.3 Å². The number of carbonyl (C=O) groups excluding carboxylic acids is 1. The van der Waals surface area contributed by atoms with Crippen molar-refractivity contribution < 1.29 is 18.8 Å². The lowest BCUT2D eigenvalue weighted by Gasteiger charge is -2.15. The fourth-order valence-electron chi connectivity index (χ4n) is 4.83. The number of aromatic nitrogens is 1. The Kier molecular flexibility index (Phi) is 13.9. The average molecular weight is 552 g/mol. The minimum absolute atomic E-state index is 0.0760. The molecule has 0 saturated carbocycles. The Hall–Kier alpha value is -2.86. The highest BCUT2D eigenvalue weighted by atomic mass is 32.1. The second kappa shape index (κ2) is 17.7. The van der Waals surface area contributed by atoms with Crippen LogP contribution in [0.2, 0.25) is 0 Å².